The number of aromatic nitrogens is 3. The summed E-state index contributed by atoms with van der Waals surface area (Å²) in [5.41, 5.74) is 26.3. The third-order valence-corrected chi connectivity index (χ3v) is 17.8. The highest BCUT2D eigenvalue weighted by Crippen LogP contribution is 2.21. The predicted octanol–water partition coefficient (Wildman–Crippen LogP) is -2.10. The quantitative estimate of drug-likeness (QED) is 0.0111. The topological polar surface area (TPSA) is 623 Å². The normalized spacial score (nSPS) is 13.6. The molecule has 0 saturated heterocycles. The van der Waals surface area contributed by atoms with E-state index < -0.39 is 168 Å². The second kappa shape index (κ2) is 46.7. The maximum absolute atomic E-state index is 15.1. The van der Waals surface area contributed by atoms with Crippen LogP contribution in [0, 0.1) is 16.7 Å². The number of para-hydroxylation sites is 1. The number of thioether (sulfide) groups is 1. The minimum atomic E-state index is -1.94. The number of phenols is 1. The van der Waals surface area contributed by atoms with Crippen molar-refractivity contribution in [2.45, 2.75) is 152 Å². The molecule has 38 heteroatoms. The van der Waals surface area contributed by atoms with Crippen LogP contribution in [-0.4, -0.2) is 211 Å². The molecule has 0 aliphatic heterocycles. The molecular weight excluding hydrogens is 1470 g/mol. The van der Waals surface area contributed by atoms with Crippen molar-refractivity contribution in [1.29, 1.82) is 10.8 Å². The lowest BCUT2D eigenvalue weighted by Gasteiger charge is -2.28. The molecule has 604 valence electrons. The average molecular weight is 1570 g/mol. The zero-order valence-corrected chi connectivity index (χ0v) is 63.2. The Morgan fingerprint density at radius 1 is 0.500 bits per heavy atom. The summed E-state index contributed by atoms with van der Waals surface area (Å²) < 4.78 is 0. The molecule has 37 nitrogen and oxygen atoms in total. The number of hydrogen-bond acceptors (Lipinski definition) is 19. The van der Waals surface area contributed by atoms with Crippen LogP contribution < -0.4 is 86.7 Å². The van der Waals surface area contributed by atoms with E-state index in [-0.39, 0.29) is 83.0 Å². The first kappa shape index (κ1) is 90.0. The predicted molar refractivity (Wildman–Crippen MR) is 416 cm³/mol. The number of aromatic hydroxyl groups is 1. The van der Waals surface area contributed by atoms with Crippen LogP contribution in [0.4, 0.5) is 0 Å². The van der Waals surface area contributed by atoms with Crippen molar-refractivity contribution < 1.29 is 77.6 Å². The van der Waals surface area contributed by atoms with E-state index in [1.807, 2.05) is 0 Å². The van der Waals surface area contributed by atoms with Gasteiger partial charge < -0.3 is 112 Å². The number of H-pyrrole nitrogens is 2. The summed E-state index contributed by atoms with van der Waals surface area (Å²) >= 11 is 1.38. The molecule has 0 radical (unpaired) electrons. The fraction of sp³-hybridized carbons (Fsp3) is 0.405. The van der Waals surface area contributed by atoms with Gasteiger partial charge in [0.2, 0.25) is 65.0 Å². The van der Waals surface area contributed by atoms with E-state index in [1.54, 1.807) is 123 Å². The van der Waals surface area contributed by atoms with Gasteiger partial charge in [-0.3, -0.25) is 73.1 Å². The highest BCUT2D eigenvalue weighted by Gasteiger charge is 2.37. The minimum Gasteiger partial charge on any atom is -0.508 e. The third kappa shape index (κ3) is 32.3. The number of carboxylic acid groups (broad SMARTS) is 2. The number of aliphatic carboxylic acids is 2. The number of carbonyl (C=O) groups excluding carboxylic acids is 11. The zero-order valence-electron chi connectivity index (χ0n) is 62.4. The van der Waals surface area contributed by atoms with E-state index in [1.165, 1.54) is 36.4 Å². The molecule has 2 aromatic heterocycles. The number of hydrogen-bond donors (Lipinski definition) is 23. The molecule has 0 bridgehead atoms. The molecule has 2 heterocycles. The molecule has 0 saturated carbocycles. The SMILES string of the molecule is CC(=O)O.CSCC[C@H](NC(=O)[C@@H](NC(=O)[C@@H](N)Cc1ccc(O)cc1)C(C)C)C(=O)NCC(=O)N[C@@H](Cc1cnc[nH]1)C(=O)N[C@@H](Cc1ccccc1)C(=O)N[C@@H](CCCNC(=N)N)C(=O)N[C@@H](Cc1c[nH]c2ccccc12)C(=O)N[C@@H](CC(=O)O)C(=O)N[C@@H](CCCNC(=N)N)C(=O)N[C@@H](Cc1ccccc1)C(N)=O. The van der Waals surface area contributed by atoms with E-state index >= 15 is 9.59 Å². The number of nitrogens with zero attached hydrogens (tertiary/aromatic N) is 1. The van der Waals surface area contributed by atoms with Gasteiger partial charge in [0, 0.05) is 74.7 Å². The van der Waals surface area contributed by atoms with Gasteiger partial charge >= 0.3 is 5.97 Å². The molecule has 27 N–H and O–H groups in total. The summed E-state index contributed by atoms with van der Waals surface area (Å²) in [5.74, 6) is -13.2. The number of nitrogens with one attached hydrogen (secondary N) is 16. The van der Waals surface area contributed by atoms with Crippen LogP contribution >= 0.6 is 11.8 Å². The number of nitrogens with two attached hydrogens (primary N) is 4. The summed E-state index contributed by atoms with van der Waals surface area (Å²) in [5, 5.41) is 74.6. The first-order valence-electron chi connectivity index (χ1n) is 35.8. The maximum Gasteiger partial charge on any atom is 0.305 e. The molecule has 0 unspecified atom stereocenters. The molecule has 0 aliphatic carbocycles. The number of carboxylic acids is 2. The van der Waals surface area contributed by atoms with Crippen LogP contribution in [0.2, 0.25) is 0 Å². The molecule has 0 aliphatic rings. The van der Waals surface area contributed by atoms with Crippen molar-refractivity contribution in [2.75, 3.05) is 31.6 Å². The Morgan fingerprint density at radius 3 is 1.46 bits per heavy atom. The molecule has 11 amide bonds. The van der Waals surface area contributed by atoms with E-state index in [0.29, 0.717) is 44.6 Å². The molecule has 112 heavy (non-hydrogen) atoms. The van der Waals surface area contributed by atoms with E-state index in [9.17, 15) is 58.2 Å². The summed E-state index contributed by atoms with van der Waals surface area (Å²) in [7, 11) is 0. The first-order valence-corrected chi connectivity index (χ1v) is 37.2. The largest absolute Gasteiger partial charge is 0.508 e. The molecule has 4 aromatic carbocycles. The molecule has 6 rings (SSSR count). The molecule has 0 fully saturated rings. The van der Waals surface area contributed by atoms with Gasteiger partial charge in [-0.05, 0) is 96.9 Å². The Morgan fingerprint density at radius 2 is 0.955 bits per heavy atom. The number of primary amides is 1. The zero-order chi connectivity index (χ0) is 82.4. The van der Waals surface area contributed by atoms with Crippen LogP contribution in [0.5, 0.6) is 5.75 Å². The highest BCUT2D eigenvalue weighted by atomic mass is 32.2. The Kier molecular flexibility index (Phi) is 37.5. The van der Waals surface area contributed by atoms with Crippen LogP contribution in [0.15, 0.2) is 128 Å². The number of fused-ring (bicyclic) bond motifs is 1. The van der Waals surface area contributed by atoms with E-state index in [0.717, 1.165) is 6.92 Å². The fourth-order valence-electron chi connectivity index (χ4n) is 11.4. The van der Waals surface area contributed by atoms with Crippen molar-refractivity contribution in [2.24, 2.45) is 28.9 Å². The lowest BCUT2D eigenvalue weighted by Crippen LogP contribution is -2.61. The molecular formula is C74H101N21O16S. The van der Waals surface area contributed by atoms with Crippen LogP contribution in [0.1, 0.15) is 87.2 Å². The maximum atomic E-state index is 15.1. The highest BCUT2D eigenvalue weighted by molar-refractivity contribution is 7.98. The number of imidazole rings is 1. The van der Waals surface area contributed by atoms with Crippen molar-refractivity contribution in [3.63, 3.8) is 0 Å². The van der Waals surface area contributed by atoms with Gasteiger partial charge in [-0.25, -0.2) is 4.98 Å². The van der Waals surface area contributed by atoms with E-state index in [4.69, 9.17) is 43.7 Å². The Bertz CT molecular complexity index is 4150. The number of rotatable bonds is 45. The minimum absolute atomic E-state index is 0.00613. The van der Waals surface area contributed by atoms with Crippen molar-refractivity contribution in [3.05, 3.63) is 156 Å². The molecule has 6 aromatic rings. The molecule has 10 atom stereocenters. The summed E-state index contributed by atoms with van der Waals surface area (Å²) in [6.45, 7) is 3.77. The van der Waals surface area contributed by atoms with Gasteiger partial charge in [0.15, 0.2) is 11.9 Å². The standard InChI is InChI=1S/C72H97N21O14S.C2H4O2/c1-40(2)60(93-62(99)48(73)30-43-22-24-46(94)25-23-43)70(107)88-52(26-29-108-3)63(100)83-38-58(95)85-56(34-45-37-79-39-84-45)68(105)90-54(32-42-16-8-5-9-17-42)66(103)86-51(21-13-28-81-72(77)78)65(102)91-55(33-44-36-82-49-19-11-10-18-47(44)49)67(104)92-57(35-59(96)97)69(106)87-50(20-12-27-80-71(75)76)64(101)89-53(61(74)98)31-41-14-6-4-7-15-41;1-2(3)4/h4-11,14-19,22-25,36-37,39-40,48,50-57,60,82,94H,12-13,20-21,26-35,38,73H2,1-3H3,(H2,74,98)(H,79,84)(H,83,100)(H,85,95)(H,86,103)(H,87,106)(H,88,107)(H,89,101)(H,90,105)(H,91,102)(H,92,104)(H,93,99)(H,96,97)(H4,75,76,80)(H4,77,78,81);1H3,(H,3,4)/t48-,50-,51-,52-,53-,54-,55-,56-,57-,60-;/m0./s1. The summed E-state index contributed by atoms with van der Waals surface area (Å²) in [6, 6.07) is 15.6. The van der Waals surface area contributed by atoms with E-state index in [2.05, 4.69) is 78.8 Å². The number of benzene rings is 4. The summed E-state index contributed by atoms with van der Waals surface area (Å²) in [4.78, 5) is 188. The Labute approximate surface area is 649 Å². The Hall–Kier alpha value is -12.6. The second-order valence-corrected chi connectivity index (χ2v) is 27.4. The number of phenolic OH excluding ortho intramolecular Hbond substituents is 1. The molecule has 0 spiro atoms. The third-order valence-electron chi connectivity index (χ3n) is 17.1. The Balaban J connectivity index is 0.00000547. The van der Waals surface area contributed by atoms with Gasteiger partial charge in [0.05, 0.1) is 25.3 Å². The first-order chi connectivity index (χ1) is 53.3. The van der Waals surface area contributed by atoms with Gasteiger partial charge in [-0.2, -0.15) is 11.8 Å². The lowest BCUT2D eigenvalue weighted by atomic mass is 10.0. The number of guanidine groups is 2. The van der Waals surface area contributed by atoms with Gasteiger partial charge in [0.1, 0.15) is 60.1 Å². The second-order valence-electron chi connectivity index (χ2n) is 26.5. The van der Waals surface area contributed by atoms with Gasteiger partial charge in [-0.1, -0.05) is 105 Å². The fourth-order valence-corrected chi connectivity index (χ4v) is 11.8. The van der Waals surface area contributed by atoms with Gasteiger partial charge in [0.25, 0.3) is 5.97 Å². The number of carbonyl (C=O) groups is 13. The van der Waals surface area contributed by atoms with Crippen molar-refractivity contribution >= 4 is 112 Å². The monoisotopic (exact) mass is 1570 g/mol. The van der Waals surface area contributed by atoms with Gasteiger partial charge in [-0.15, -0.1) is 0 Å². The van der Waals surface area contributed by atoms with Crippen molar-refractivity contribution in [1.82, 2.24) is 78.8 Å². The van der Waals surface area contributed by atoms with Crippen LogP contribution in [-0.2, 0) is 94.4 Å². The number of amides is 11. The lowest BCUT2D eigenvalue weighted by molar-refractivity contribution is -0.141. The van der Waals surface area contributed by atoms with Crippen LogP contribution in [0.25, 0.3) is 10.9 Å². The van der Waals surface area contributed by atoms with Crippen molar-refractivity contribution in [3.8, 4) is 5.75 Å². The van der Waals surface area contributed by atoms with Crippen LogP contribution in [0.3, 0.4) is 0 Å². The smallest absolute Gasteiger partial charge is 0.305 e. The average Bonchev–Trinajstić information content (AvgIpc) is 1.64. The number of aromatic amines is 2. The summed E-state index contributed by atoms with van der Waals surface area (Å²) in [6.07, 6.45) is 4.11.